The summed E-state index contributed by atoms with van der Waals surface area (Å²) in [5.74, 6) is -0.384. The number of carbonyl (C=O) groups is 1. The largest absolute Gasteiger partial charge is 0.388 e. The minimum atomic E-state index is -1.10. The Kier molecular flexibility index (Phi) is 3.94. The fraction of sp³-hybridized carbons (Fsp3) is 0.636. The Hall–Kier alpha value is -1.96. The van der Waals surface area contributed by atoms with Crippen LogP contribution in [0.3, 0.4) is 0 Å². The maximum absolute atomic E-state index is 11.8. The van der Waals surface area contributed by atoms with Crippen molar-refractivity contribution in [2.24, 2.45) is 0 Å². The van der Waals surface area contributed by atoms with E-state index in [2.05, 4.69) is 10.4 Å². The van der Waals surface area contributed by atoms with Crippen LogP contribution in [0.5, 0.6) is 0 Å². The highest BCUT2D eigenvalue weighted by atomic mass is 16.6. The maximum atomic E-state index is 11.8. The van der Waals surface area contributed by atoms with Crippen LogP contribution in [-0.4, -0.2) is 36.9 Å². The molecule has 2 N–H and O–H groups in total. The molecule has 8 nitrogen and oxygen atoms in total. The average molecular weight is 270 g/mol. The van der Waals surface area contributed by atoms with Crippen LogP contribution in [0.25, 0.3) is 0 Å². The van der Waals surface area contributed by atoms with Gasteiger partial charge in [0.05, 0.1) is 16.1 Å². The zero-order valence-corrected chi connectivity index (χ0v) is 11.4. The second kappa shape index (κ2) is 4.96. The first-order valence-corrected chi connectivity index (χ1v) is 5.73. The smallest absolute Gasteiger partial charge is 0.307 e. The van der Waals surface area contributed by atoms with Crippen LogP contribution in [0.15, 0.2) is 12.4 Å². The first-order valence-electron chi connectivity index (χ1n) is 5.73. The van der Waals surface area contributed by atoms with Gasteiger partial charge >= 0.3 is 5.69 Å². The minimum absolute atomic E-state index is 0.145. The van der Waals surface area contributed by atoms with Crippen LogP contribution in [0, 0.1) is 10.1 Å². The molecule has 0 saturated heterocycles. The van der Waals surface area contributed by atoms with Gasteiger partial charge in [0.2, 0.25) is 5.91 Å². The van der Waals surface area contributed by atoms with E-state index in [0.29, 0.717) is 0 Å². The number of amides is 1. The summed E-state index contributed by atoms with van der Waals surface area (Å²) in [6.07, 6.45) is 2.26. The zero-order valence-electron chi connectivity index (χ0n) is 11.4. The number of hydrogen-bond acceptors (Lipinski definition) is 5. The standard InChI is InChI=1S/C11H18N4O4/c1-10(2,11(3,4)17)13-9(16)7-14-6-8(5-12-14)15(18)19/h5-6,17H,7H2,1-4H3,(H,13,16). The lowest BCUT2D eigenvalue weighted by Gasteiger charge is -2.37. The second-order valence-electron chi connectivity index (χ2n) is 5.39. The Bertz CT molecular complexity index is 487. The summed E-state index contributed by atoms with van der Waals surface area (Å²) in [7, 11) is 0. The number of nitrogens with zero attached hydrogens (tertiary/aromatic N) is 3. The summed E-state index contributed by atoms with van der Waals surface area (Å²) >= 11 is 0. The highest BCUT2D eigenvalue weighted by Crippen LogP contribution is 2.20. The van der Waals surface area contributed by atoms with E-state index < -0.39 is 16.1 Å². The minimum Gasteiger partial charge on any atom is -0.388 e. The van der Waals surface area contributed by atoms with Crippen LogP contribution < -0.4 is 5.32 Å². The highest BCUT2D eigenvalue weighted by molar-refractivity contribution is 5.76. The van der Waals surface area contributed by atoms with Crippen LogP contribution >= 0.6 is 0 Å². The van der Waals surface area contributed by atoms with Crippen molar-refractivity contribution >= 4 is 11.6 Å². The number of nitro groups is 1. The molecular formula is C11H18N4O4. The van der Waals surface area contributed by atoms with Crippen molar-refractivity contribution in [1.82, 2.24) is 15.1 Å². The fourth-order valence-corrected chi connectivity index (χ4v) is 1.22. The predicted molar refractivity (Wildman–Crippen MR) is 67.4 cm³/mol. The van der Waals surface area contributed by atoms with Crippen molar-refractivity contribution in [3.63, 3.8) is 0 Å². The lowest BCUT2D eigenvalue weighted by Crippen LogP contribution is -2.58. The van der Waals surface area contributed by atoms with E-state index in [-0.39, 0.29) is 18.1 Å². The number of aromatic nitrogens is 2. The van der Waals surface area contributed by atoms with Gasteiger partial charge in [-0.25, -0.2) is 0 Å². The third-order valence-electron chi connectivity index (χ3n) is 3.12. The summed E-state index contributed by atoms with van der Waals surface area (Å²) in [6, 6.07) is 0. The van der Waals surface area contributed by atoms with E-state index >= 15 is 0 Å². The van der Waals surface area contributed by atoms with Crippen molar-refractivity contribution in [3.8, 4) is 0 Å². The lowest BCUT2D eigenvalue weighted by atomic mass is 9.86. The summed E-state index contributed by atoms with van der Waals surface area (Å²) in [4.78, 5) is 21.7. The molecule has 0 radical (unpaired) electrons. The Morgan fingerprint density at radius 2 is 2.11 bits per heavy atom. The third kappa shape index (κ3) is 3.75. The van der Waals surface area contributed by atoms with Crippen molar-refractivity contribution < 1.29 is 14.8 Å². The quantitative estimate of drug-likeness (QED) is 0.596. The lowest BCUT2D eigenvalue weighted by molar-refractivity contribution is -0.385. The van der Waals surface area contributed by atoms with Gasteiger partial charge in [-0.15, -0.1) is 0 Å². The normalized spacial score (nSPS) is 12.3. The van der Waals surface area contributed by atoms with Crippen LogP contribution in [0.4, 0.5) is 5.69 Å². The molecule has 1 rings (SSSR count). The van der Waals surface area contributed by atoms with Crippen molar-refractivity contribution in [1.29, 1.82) is 0 Å². The highest BCUT2D eigenvalue weighted by Gasteiger charge is 2.36. The predicted octanol–water partition coefficient (Wildman–Crippen LogP) is 0.457. The van der Waals surface area contributed by atoms with Crippen molar-refractivity contribution in [2.75, 3.05) is 0 Å². The van der Waals surface area contributed by atoms with Gasteiger partial charge in [0, 0.05) is 0 Å². The van der Waals surface area contributed by atoms with Crippen LogP contribution in [0.2, 0.25) is 0 Å². The van der Waals surface area contributed by atoms with Gasteiger partial charge in [-0.05, 0) is 27.7 Å². The van der Waals surface area contributed by atoms with Gasteiger partial charge in [0.25, 0.3) is 0 Å². The number of nitrogens with one attached hydrogen (secondary N) is 1. The Morgan fingerprint density at radius 3 is 2.53 bits per heavy atom. The van der Waals surface area contributed by atoms with Crippen molar-refractivity contribution in [2.45, 2.75) is 45.4 Å². The SMILES string of the molecule is CC(C)(O)C(C)(C)NC(=O)Cn1cc([N+](=O)[O-])cn1. The molecule has 0 fully saturated rings. The molecule has 0 aliphatic heterocycles. The molecule has 1 heterocycles. The summed E-state index contributed by atoms with van der Waals surface area (Å²) in [6.45, 7) is 6.41. The Labute approximate surface area is 110 Å². The van der Waals surface area contributed by atoms with E-state index in [1.165, 1.54) is 10.9 Å². The van der Waals surface area contributed by atoms with Crippen LogP contribution in [-0.2, 0) is 11.3 Å². The topological polar surface area (TPSA) is 110 Å². The summed E-state index contributed by atoms with van der Waals surface area (Å²) in [5, 5.41) is 26.8. The number of rotatable bonds is 5. The maximum Gasteiger partial charge on any atom is 0.307 e. The monoisotopic (exact) mass is 270 g/mol. The zero-order chi connectivity index (χ0) is 14.8. The van der Waals surface area contributed by atoms with E-state index in [1.54, 1.807) is 27.7 Å². The molecule has 1 aromatic rings. The van der Waals surface area contributed by atoms with Gasteiger partial charge in [-0.2, -0.15) is 5.10 Å². The van der Waals surface area contributed by atoms with Crippen molar-refractivity contribution in [3.05, 3.63) is 22.5 Å². The molecule has 0 saturated carbocycles. The summed E-state index contributed by atoms with van der Waals surface area (Å²) in [5.41, 5.74) is -2.10. The average Bonchev–Trinajstić information content (AvgIpc) is 2.63. The fourth-order valence-electron chi connectivity index (χ4n) is 1.22. The molecular weight excluding hydrogens is 252 g/mol. The van der Waals surface area contributed by atoms with Gasteiger partial charge in [0.15, 0.2) is 0 Å². The first kappa shape index (κ1) is 15.1. The molecule has 8 heteroatoms. The molecule has 106 valence electrons. The number of carbonyl (C=O) groups excluding carboxylic acids is 1. The first-order chi connectivity index (χ1) is 8.53. The van der Waals surface area contributed by atoms with E-state index in [0.717, 1.165) is 6.20 Å². The van der Waals surface area contributed by atoms with E-state index in [1.807, 2.05) is 0 Å². The molecule has 0 aromatic carbocycles. The molecule has 19 heavy (non-hydrogen) atoms. The van der Waals surface area contributed by atoms with Crippen LogP contribution in [0.1, 0.15) is 27.7 Å². The van der Waals surface area contributed by atoms with Gasteiger partial charge in [-0.3, -0.25) is 19.6 Å². The molecule has 0 spiro atoms. The molecule has 1 aromatic heterocycles. The summed E-state index contributed by atoms with van der Waals surface area (Å²) < 4.78 is 1.17. The number of hydrogen-bond donors (Lipinski definition) is 2. The van der Waals surface area contributed by atoms with Gasteiger partial charge in [0.1, 0.15) is 18.9 Å². The molecule has 0 unspecified atom stereocenters. The third-order valence-corrected chi connectivity index (χ3v) is 3.12. The molecule has 0 atom stereocenters. The van der Waals surface area contributed by atoms with Gasteiger partial charge in [-0.1, -0.05) is 0 Å². The molecule has 0 aliphatic rings. The van der Waals surface area contributed by atoms with E-state index in [4.69, 9.17) is 0 Å². The Balaban J connectivity index is 2.68. The Morgan fingerprint density at radius 1 is 1.53 bits per heavy atom. The number of aliphatic hydroxyl groups is 1. The van der Waals surface area contributed by atoms with Gasteiger partial charge < -0.3 is 10.4 Å². The second-order valence-corrected chi connectivity index (χ2v) is 5.39. The van der Waals surface area contributed by atoms with E-state index in [9.17, 15) is 20.0 Å². The molecule has 0 bridgehead atoms. The molecule has 1 amide bonds. The molecule has 0 aliphatic carbocycles.